The summed E-state index contributed by atoms with van der Waals surface area (Å²) in [6.07, 6.45) is 19.3. The van der Waals surface area contributed by atoms with Crippen LogP contribution in [0, 0.1) is 11.3 Å². The predicted molar refractivity (Wildman–Crippen MR) is 114 cm³/mol. The first-order chi connectivity index (χ1) is 13.4. The van der Waals surface area contributed by atoms with Gasteiger partial charge in [-0.25, -0.2) is 4.79 Å². The van der Waals surface area contributed by atoms with Crippen molar-refractivity contribution in [1.29, 1.82) is 0 Å². The van der Waals surface area contributed by atoms with Crippen LogP contribution in [0.2, 0.25) is 0 Å². The summed E-state index contributed by atoms with van der Waals surface area (Å²) in [7, 11) is 1.34. The Hall–Kier alpha value is -1.58. The van der Waals surface area contributed by atoms with Gasteiger partial charge in [0.2, 0.25) is 0 Å². The van der Waals surface area contributed by atoms with Crippen LogP contribution in [-0.4, -0.2) is 25.7 Å². The predicted octanol–water partition coefficient (Wildman–Crippen LogP) is 6.79. The van der Waals surface area contributed by atoms with Gasteiger partial charge in [0, 0.05) is 5.41 Å². The molecule has 0 aromatic carbocycles. The first-order valence-electron chi connectivity index (χ1n) is 10.9. The second kappa shape index (κ2) is 13.6. The third kappa shape index (κ3) is 10.7. The van der Waals surface area contributed by atoms with E-state index in [-0.39, 0.29) is 11.5 Å². The molecule has 28 heavy (non-hydrogen) atoms. The van der Waals surface area contributed by atoms with E-state index in [1.807, 2.05) is 0 Å². The molecule has 0 spiro atoms. The molecule has 2 aliphatic rings. The summed E-state index contributed by atoms with van der Waals surface area (Å²) in [5, 5.41) is 0. The zero-order valence-electron chi connectivity index (χ0n) is 18.4. The fraction of sp³-hybridized carbons (Fsp3) is 0.750. The van der Waals surface area contributed by atoms with E-state index in [9.17, 15) is 9.59 Å². The Bertz CT molecular complexity index is 521. The smallest absolute Gasteiger partial charge is 0.438 e. The SMILES string of the molecule is CC(C)CCCC1=CCC(C)(C=O)CC1.COC(=O)OC1CCC=CCCC1. The maximum atomic E-state index is 10.9. The molecular formula is C24H40O4. The Kier molecular flexibility index (Phi) is 11.9. The lowest BCUT2D eigenvalue weighted by atomic mass is 9.77. The van der Waals surface area contributed by atoms with E-state index in [0.29, 0.717) is 0 Å². The van der Waals surface area contributed by atoms with Crippen LogP contribution in [0.5, 0.6) is 0 Å². The van der Waals surface area contributed by atoms with Crippen molar-refractivity contribution in [3.8, 4) is 0 Å². The molecule has 0 aromatic heterocycles. The summed E-state index contributed by atoms with van der Waals surface area (Å²) in [5.41, 5.74) is 1.51. The largest absolute Gasteiger partial charge is 0.508 e. The minimum absolute atomic E-state index is 0.0393. The number of hydrogen-bond acceptors (Lipinski definition) is 4. The van der Waals surface area contributed by atoms with Crippen molar-refractivity contribution < 1.29 is 19.1 Å². The number of carbonyl (C=O) groups is 2. The van der Waals surface area contributed by atoms with Crippen LogP contribution in [0.3, 0.4) is 0 Å². The van der Waals surface area contributed by atoms with Crippen molar-refractivity contribution in [1.82, 2.24) is 0 Å². The molecule has 0 heterocycles. The van der Waals surface area contributed by atoms with Gasteiger partial charge in [-0.2, -0.15) is 0 Å². The third-order valence-electron chi connectivity index (χ3n) is 5.59. The van der Waals surface area contributed by atoms with Gasteiger partial charge in [-0.3, -0.25) is 0 Å². The summed E-state index contributed by atoms with van der Waals surface area (Å²) in [5.74, 6) is 0.814. The molecule has 0 amide bonds. The Morgan fingerprint density at radius 3 is 2.64 bits per heavy atom. The van der Waals surface area contributed by atoms with Crippen molar-refractivity contribution >= 4 is 12.4 Å². The number of carbonyl (C=O) groups excluding carboxylic acids is 2. The molecule has 0 fully saturated rings. The fourth-order valence-corrected chi connectivity index (χ4v) is 3.53. The molecule has 0 saturated heterocycles. The molecule has 2 aliphatic carbocycles. The van der Waals surface area contributed by atoms with Crippen LogP contribution < -0.4 is 0 Å². The van der Waals surface area contributed by atoms with Crippen LogP contribution in [0.1, 0.15) is 91.4 Å². The van der Waals surface area contributed by atoms with E-state index in [0.717, 1.165) is 63.6 Å². The average Bonchev–Trinajstić information content (AvgIpc) is 2.66. The van der Waals surface area contributed by atoms with Crippen molar-refractivity contribution in [2.75, 3.05) is 7.11 Å². The standard InChI is InChI=1S/C14H24O.C10H16O3/c1-12(2)5-4-6-13-7-9-14(3,11-15)10-8-13;1-12-10(11)13-9-7-5-3-2-4-6-8-9/h7,11-12H,4-6,8-10H2,1-3H3;2-3,9H,4-8H2,1H3. The lowest BCUT2D eigenvalue weighted by Gasteiger charge is -2.27. The van der Waals surface area contributed by atoms with Gasteiger partial charge in [0.25, 0.3) is 0 Å². The van der Waals surface area contributed by atoms with E-state index in [1.165, 1.54) is 26.4 Å². The summed E-state index contributed by atoms with van der Waals surface area (Å²) < 4.78 is 9.53. The van der Waals surface area contributed by atoms with E-state index in [4.69, 9.17) is 4.74 Å². The van der Waals surface area contributed by atoms with E-state index < -0.39 is 6.16 Å². The van der Waals surface area contributed by atoms with Crippen LogP contribution in [0.4, 0.5) is 4.79 Å². The summed E-state index contributed by atoms with van der Waals surface area (Å²) >= 11 is 0. The molecule has 0 saturated carbocycles. The van der Waals surface area contributed by atoms with Crippen molar-refractivity contribution in [3.05, 3.63) is 23.8 Å². The molecule has 4 heteroatoms. The van der Waals surface area contributed by atoms with Gasteiger partial charge in [0.15, 0.2) is 0 Å². The van der Waals surface area contributed by atoms with Gasteiger partial charge in [0.05, 0.1) is 7.11 Å². The monoisotopic (exact) mass is 392 g/mol. The second-order valence-electron chi connectivity index (χ2n) is 8.80. The second-order valence-corrected chi connectivity index (χ2v) is 8.80. The average molecular weight is 393 g/mol. The van der Waals surface area contributed by atoms with E-state index in [2.05, 4.69) is 43.7 Å². The molecule has 2 rings (SSSR count). The molecule has 2 unspecified atom stereocenters. The minimum Gasteiger partial charge on any atom is -0.438 e. The zero-order valence-corrected chi connectivity index (χ0v) is 18.4. The third-order valence-corrected chi connectivity index (χ3v) is 5.59. The quantitative estimate of drug-likeness (QED) is 0.284. The number of ether oxygens (including phenoxy) is 2. The number of aldehydes is 1. The first-order valence-corrected chi connectivity index (χ1v) is 10.9. The molecule has 0 aliphatic heterocycles. The Morgan fingerprint density at radius 2 is 2.04 bits per heavy atom. The van der Waals surface area contributed by atoms with Gasteiger partial charge in [-0.1, -0.05) is 51.0 Å². The number of allylic oxidation sites excluding steroid dienone is 4. The minimum atomic E-state index is -0.561. The van der Waals surface area contributed by atoms with Crippen molar-refractivity contribution in [3.63, 3.8) is 0 Å². The number of hydrogen-bond donors (Lipinski definition) is 0. The number of methoxy groups -OCH3 is 1. The van der Waals surface area contributed by atoms with E-state index in [1.54, 1.807) is 5.57 Å². The maximum Gasteiger partial charge on any atom is 0.508 e. The topological polar surface area (TPSA) is 52.6 Å². The molecule has 2 atom stereocenters. The number of rotatable bonds is 6. The van der Waals surface area contributed by atoms with Crippen molar-refractivity contribution in [2.24, 2.45) is 11.3 Å². The fourth-order valence-electron chi connectivity index (χ4n) is 3.53. The molecule has 0 bridgehead atoms. The lowest BCUT2D eigenvalue weighted by molar-refractivity contribution is -0.115. The molecule has 0 radical (unpaired) electrons. The normalized spacial score (nSPS) is 24.9. The Morgan fingerprint density at radius 1 is 1.29 bits per heavy atom. The molecule has 0 aromatic rings. The van der Waals surface area contributed by atoms with Crippen LogP contribution in [0.15, 0.2) is 23.8 Å². The first kappa shape index (κ1) is 24.5. The highest BCUT2D eigenvalue weighted by Gasteiger charge is 2.25. The van der Waals surface area contributed by atoms with Crippen LogP contribution in [-0.2, 0) is 14.3 Å². The van der Waals surface area contributed by atoms with Gasteiger partial charge in [-0.15, -0.1) is 0 Å². The van der Waals surface area contributed by atoms with Crippen LogP contribution >= 0.6 is 0 Å². The van der Waals surface area contributed by atoms with Crippen molar-refractivity contribution in [2.45, 2.75) is 97.5 Å². The highest BCUT2D eigenvalue weighted by molar-refractivity contribution is 5.60. The van der Waals surface area contributed by atoms with Gasteiger partial charge >= 0.3 is 6.16 Å². The molecule has 160 valence electrons. The van der Waals surface area contributed by atoms with Gasteiger partial charge in [0.1, 0.15) is 12.4 Å². The summed E-state index contributed by atoms with van der Waals surface area (Å²) in [6.45, 7) is 6.62. The van der Waals surface area contributed by atoms with E-state index >= 15 is 0 Å². The van der Waals surface area contributed by atoms with Gasteiger partial charge < -0.3 is 14.3 Å². The highest BCUT2D eigenvalue weighted by atomic mass is 16.7. The maximum absolute atomic E-state index is 10.9. The van der Waals surface area contributed by atoms with Gasteiger partial charge in [-0.05, 0) is 70.1 Å². The van der Waals surface area contributed by atoms with Crippen LogP contribution in [0.25, 0.3) is 0 Å². The lowest BCUT2D eigenvalue weighted by Crippen LogP contribution is -2.20. The molecular weight excluding hydrogens is 352 g/mol. The Balaban J connectivity index is 0.000000283. The molecule has 4 nitrogen and oxygen atoms in total. The zero-order chi connectivity index (χ0) is 20.8. The summed E-state index contributed by atoms with van der Waals surface area (Å²) in [4.78, 5) is 21.7. The summed E-state index contributed by atoms with van der Waals surface area (Å²) in [6, 6.07) is 0. The molecule has 0 N–H and O–H groups in total. The highest BCUT2D eigenvalue weighted by Crippen LogP contribution is 2.34. The Labute approximate surface area is 171 Å².